The summed E-state index contributed by atoms with van der Waals surface area (Å²) in [5.74, 6) is 0.826. The van der Waals surface area contributed by atoms with E-state index in [1.54, 1.807) is 0 Å². The number of hydrazone groups is 1. The van der Waals surface area contributed by atoms with Gasteiger partial charge in [0.2, 0.25) is 5.91 Å². The van der Waals surface area contributed by atoms with Crippen LogP contribution in [0.15, 0.2) is 29.4 Å². The highest BCUT2D eigenvalue weighted by Crippen LogP contribution is 2.18. The standard InChI is InChI=1S/C14H18N2O2/c1-3-10(2)18-12-6-4-5-11(9-12)13-7-8-14(17)16-15-13/h4-6,9-10H,3,7-8H2,1-2H3,(H,16,17). The maximum absolute atomic E-state index is 11.0. The average Bonchev–Trinajstić information content (AvgIpc) is 2.40. The second kappa shape index (κ2) is 5.67. The van der Waals surface area contributed by atoms with Crippen molar-refractivity contribution in [3.8, 4) is 5.75 Å². The molecular formula is C14H18N2O2. The van der Waals surface area contributed by atoms with Crippen molar-refractivity contribution in [2.75, 3.05) is 0 Å². The van der Waals surface area contributed by atoms with Gasteiger partial charge in [0.05, 0.1) is 11.8 Å². The molecule has 96 valence electrons. The lowest BCUT2D eigenvalue weighted by molar-refractivity contribution is -0.121. The molecule has 1 heterocycles. The highest BCUT2D eigenvalue weighted by atomic mass is 16.5. The summed E-state index contributed by atoms with van der Waals surface area (Å²) in [4.78, 5) is 11.0. The molecule has 1 atom stereocenters. The minimum Gasteiger partial charge on any atom is -0.491 e. The number of carbonyl (C=O) groups is 1. The average molecular weight is 246 g/mol. The number of carbonyl (C=O) groups excluding carboxylic acids is 1. The highest BCUT2D eigenvalue weighted by Gasteiger charge is 2.13. The van der Waals surface area contributed by atoms with Crippen molar-refractivity contribution in [3.05, 3.63) is 29.8 Å². The van der Waals surface area contributed by atoms with Gasteiger partial charge in [-0.1, -0.05) is 19.1 Å². The van der Waals surface area contributed by atoms with Crippen molar-refractivity contribution in [2.24, 2.45) is 5.10 Å². The van der Waals surface area contributed by atoms with Crippen LogP contribution < -0.4 is 10.2 Å². The fraction of sp³-hybridized carbons (Fsp3) is 0.429. The second-order valence-corrected chi connectivity index (χ2v) is 4.46. The lowest BCUT2D eigenvalue weighted by Crippen LogP contribution is -2.25. The predicted molar refractivity (Wildman–Crippen MR) is 70.7 cm³/mol. The Morgan fingerprint density at radius 3 is 2.94 bits per heavy atom. The van der Waals surface area contributed by atoms with Crippen LogP contribution in [0.3, 0.4) is 0 Å². The van der Waals surface area contributed by atoms with Crippen molar-refractivity contribution >= 4 is 11.6 Å². The summed E-state index contributed by atoms with van der Waals surface area (Å²) in [6, 6.07) is 7.85. The van der Waals surface area contributed by atoms with E-state index >= 15 is 0 Å². The Bertz CT molecular complexity index is 469. The molecule has 1 aromatic rings. The summed E-state index contributed by atoms with van der Waals surface area (Å²) in [7, 11) is 0. The summed E-state index contributed by atoms with van der Waals surface area (Å²) >= 11 is 0. The molecule has 0 spiro atoms. The SMILES string of the molecule is CCC(C)Oc1cccc(C2=NNC(=O)CC2)c1. The van der Waals surface area contributed by atoms with E-state index in [1.807, 2.05) is 31.2 Å². The van der Waals surface area contributed by atoms with Gasteiger partial charge in [0.1, 0.15) is 5.75 Å². The number of hydrogen-bond donors (Lipinski definition) is 1. The number of rotatable bonds is 4. The second-order valence-electron chi connectivity index (χ2n) is 4.46. The van der Waals surface area contributed by atoms with Crippen LogP contribution in [-0.4, -0.2) is 17.7 Å². The van der Waals surface area contributed by atoms with Crippen LogP contribution in [0.4, 0.5) is 0 Å². The fourth-order valence-electron chi connectivity index (χ4n) is 1.75. The summed E-state index contributed by atoms with van der Waals surface area (Å²) < 4.78 is 5.77. The van der Waals surface area contributed by atoms with E-state index in [2.05, 4.69) is 17.5 Å². The first-order valence-electron chi connectivity index (χ1n) is 6.31. The molecule has 0 bridgehead atoms. The van der Waals surface area contributed by atoms with Gasteiger partial charge in [-0.3, -0.25) is 4.79 Å². The molecule has 0 radical (unpaired) electrons. The molecule has 1 N–H and O–H groups in total. The zero-order valence-electron chi connectivity index (χ0n) is 10.8. The molecule has 0 saturated heterocycles. The molecule has 0 fully saturated rings. The largest absolute Gasteiger partial charge is 0.491 e. The maximum Gasteiger partial charge on any atom is 0.240 e. The number of hydrogen-bond acceptors (Lipinski definition) is 3. The summed E-state index contributed by atoms with van der Waals surface area (Å²) in [5.41, 5.74) is 4.43. The van der Waals surface area contributed by atoms with Gasteiger partial charge < -0.3 is 4.74 Å². The molecule has 0 saturated carbocycles. The minimum atomic E-state index is -0.0224. The first-order valence-corrected chi connectivity index (χ1v) is 6.31. The number of benzene rings is 1. The number of nitrogens with zero attached hydrogens (tertiary/aromatic N) is 1. The normalized spacial score (nSPS) is 16.8. The lowest BCUT2D eigenvalue weighted by atomic mass is 10.0. The van der Waals surface area contributed by atoms with Gasteiger partial charge in [-0.25, -0.2) is 5.43 Å². The summed E-state index contributed by atoms with van der Waals surface area (Å²) in [6.45, 7) is 4.14. The van der Waals surface area contributed by atoms with E-state index in [9.17, 15) is 4.79 Å². The molecule has 2 rings (SSSR count). The molecule has 1 aliphatic heterocycles. The van der Waals surface area contributed by atoms with E-state index in [4.69, 9.17) is 4.74 Å². The molecule has 1 unspecified atom stereocenters. The lowest BCUT2D eigenvalue weighted by Gasteiger charge is -2.15. The minimum absolute atomic E-state index is 0.0224. The van der Waals surface area contributed by atoms with Gasteiger partial charge in [0.25, 0.3) is 0 Å². The zero-order chi connectivity index (χ0) is 13.0. The van der Waals surface area contributed by atoms with Gasteiger partial charge in [-0.15, -0.1) is 0 Å². The predicted octanol–water partition coefficient (Wildman–Crippen LogP) is 2.48. The fourth-order valence-corrected chi connectivity index (χ4v) is 1.75. The van der Waals surface area contributed by atoms with Gasteiger partial charge in [0.15, 0.2) is 0 Å². The van der Waals surface area contributed by atoms with Crippen LogP contribution in [0, 0.1) is 0 Å². The van der Waals surface area contributed by atoms with Crippen LogP contribution >= 0.6 is 0 Å². The van der Waals surface area contributed by atoms with Crippen molar-refractivity contribution in [1.82, 2.24) is 5.43 Å². The van der Waals surface area contributed by atoms with Gasteiger partial charge in [0, 0.05) is 18.4 Å². The molecule has 18 heavy (non-hydrogen) atoms. The van der Waals surface area contributed by atoms with E-state index in [0.717, 1.165) is 23.4 Å². The first kappa shape index (κ1) is 12.6. The Kier molecular flexibility index (Phi) is 3.97. The zero-order valence-corrected chi connectivity index (χ0v) is 10.8. The molecule has 0 aromatic heterocycles. The Balaban J connectivity index is 2.14. The summed E-state index contributed by atoms with van der Waals surface area (Å²) in [6.07, 6.45) is 2.35. The Labute approximate surface area is 107 Å². The Morgan fingerprint density at radius 1 is 1.44 bits per heavy atom. The van der Waals surface area contributed by atoms with Crippen LogP contribution in [0.1, 0.15) is 38.7 Å². The number of nitrogens with one attached hydrogen (secondary N) is 1. The highest BCUT2D eigenvalue weighted by molar-refractivity contribution is 6.04. The molecule has 1 aliphatic rings. The molecular weight excluding hydrogens is 228 g/mol. The van der Waals surface area contributed by atoms with Gasteiger partial charge in [-0.05, 0) is 25.5 Å². The third-order valence-corrected chi connectivity index (χ3v) is 2.98. The molecule has 1 amide bonds. The molecule has 0 aliphatic carbocycles. The van der Waals surface area contributed by atoms with Crippen LogP contribution in [0.2, 0.25) is 0 Å². The first-order chi connectivity index (χ1) is 8.69. The van der Waals surface area contributed by atoms with Crippen LogP contribution in [0.25, 0.3) is 0 Å². The van der Waals surface area contributed by atoms with Gasteiger partial charge in [-0.2, -0.15) is 5.10 Å². The van der Waals surface area contributed by atoms with E-state index < -0.39 is 0 Å². The number of ether oxygens (including phenoxy) is 1. The maximum atomic E-state index is 11.0. The molecule has 4 nitrogen and oxygen atoms in total. The topological polar surface area (TPSA) is 50.7 Å². The molecule has 4 heteroatoms. The van der Waals surface area contributed by atoms with Crippen LogP contribution in [-0.2, 0) is 4.79 Å². The number of amides is 1. The smallest absolute Gasteiger partial charge is 0.240 e. The monoisotopic (exact) mass is 246 g/mol. The van der Waals surface area contributed by atoms with Crippen molar-refractivity contribution in [3.63, 3.8) is 0 Å². The Morgan fingerprint density at radius 2 is 2.28 bits per heavy atom. The molecule has 1 aromatic carbocycles. The van der Waals surface area contributed by atoms with E-state index in [0.29, 0.717) is 12.8 Å². The van der Waals surface area contributed by atoms with Crippen molar-refractivity contribution in [1.29, 1.82) is 0 Å². The summed E-state index contributed by atoms with van der Waals surface area (Å²) in [5, 5.41) is 4.08. The van der Waals surface area contributed by atoms with Gasteiger partial charge >= 0.3 is 0 Å². The third-order valence-electron chi connectivity index (χ3n) is 2.98. The Hall–Kier alpha value is -1.84. The third kappa shape index (κ3) is 3.09. The van der Waals surface area contributed by atoms with Crippen LogP contribution in [0.5, 0.6) is 5.75 Å². The van der Waals surface area contributed by atoms with E-state index in [-0.39, 0.29) is 12.0 Å². The van der Waals surface area contributed by atoms with Crippen molar-refractivity contribution < 1.29 is 9.53 Å². The van der Waals surface area contributed by atoms with Crippen molar-refractivity contribution in [2.45, 2.75) is 39.2 Å². The van der Waals surface area contributed by atoms with E-state index in [1.165, 1.54) is 0 Å². The quantitative estimate of drug-likeness (QED) is 0.887.